The van der Waals surface area contributed by atoms with Gasteiger partial charge in [-0.1, -0.05) is 23.7 Å². The van der Waals surface area contributed by atoms with Gasteiger partial charge in [0.15, 0.2) is 5.13 Å². The van der Waals surface area contributed by atoms with E-state index in [4.69, 9.17) is 16.3 Å². The molecule has 2 unspecified atom stereocenters. The minimum Gasteiger partial charge on any atom is -0.373 e. The Morgan fingerprint density at radius 2 is 2.00 bits per heavy atom. The molecule has 1 aromatic carbocycles. The molecular weight excluding hydrogens is 382 g/mol. The van der Waals surface area contributed by atoms with E-state index < -0.39 is 0 Å². The minimum atomic E-state index is 0.0125. The number of aryl methyl sites for hydroxylation is 1. The molecule has 7 heteroatoms. The second-order valence-electron chi connectivity index (χ2n) is 7.12. The SMILES string of the molecule is CC1CN(Cc2csc(NC(=O)CCCc3ccc(Cl)cc3)n2)CC(C)O1. The van der Waals surface area contributed by atoms with Crippen LogP contribution in [-0.4, -0.2) is 41.1 Å². The van der Waals surface area contributed by atoms with E-state index in [9.17, 15) is 4.79 Å². The number of rotatable bonds is 7. The van der Waals surface area contributed by atoms with E-state index in [0.29, 0.717) is 11.6 Å². The number of carbonyl (C=O) groups excluding carboxylic acids is 1. The van der Waals surface area contributed by atoms with E-state index in [1.54, 1.807) is 0 Å². The van der Waals surface area contributed by atoms with E-state index in [2.05, 4.69) is 29.0 Å². The zero-order valence-electron chi connectivity index (χ0n) is 15.8. The summed E-state index contributed by atoms with van der Waals surface area (Å²) in [4.78, 5) is 19.1. The van der Waals surface area contributed by atoms with Gasteiger partial charge in [-0.25, -0.2) is 4.98 Å². The van der Waals surface area contributed by atoms with Gasteiger partial charge in [0.05, 0.1) is 17.9 Å². The maximum absolute atomic E-state index is 12.1. The maximum Gasteiger partial charge on any atom is 0.226 e. The summed E-state index contributed by atoms with van der Waals surface area (Å²) in [6, 6.07) is 7.76. The molecule has 0 aliphatic carbocycles. The Bertz CT molecular complexity index is 740. The van der Waals surface area contributed by atoms with Gasteiger partial charge >= 0.3 is 0 Å². The topological polar surface area (TPSA) is 54.5 Å². The first-order valence-electron chi connectivity index (χ1n) is 9.34. The number of carbonyl (C=O) groups is 1. The first kappa shape index (κ1) is 20.3. The normalized spacial score (nSPS) is 20.6. The molecular formula is C20H26ClN3O2S. The molecule has 0 radical (unpaired) electrons. The van der Waals surface area contributed by atoms with E-state index in [-0.39, 0.29) is 18.1 Å². The molecule has 2 heterocycles. The summed E-state index contributed by atoms with van der Waals surface area (Å²) < 4.78 is 5.76. The van der Waals surface area contributed by atoms with Gasteiger partial charge in [0.25, 0.3) is 0 Å². The van der Waals surface area contributed by atoms with Crippen molar-refractivity contribution >= 4 is 34.0 Å². The molecule has 5 nitrogen and oxygen atoms in total. The van der Waals surface area contributed by atoms with Gasteiger partial charge in [-0.3, -0.25) is 9.69 Å². The van der Waals surface area contributed by atoms with Gasteiger partial charge in [0.1, 0.15) is 0 Å². The predicted octanol–water partition coefficient (Wildman–Crippen LogP) is 4.37. The second-order valence-corrected chi connectivity index (χ2v) is 8.42. The molecule has 1 aromatic heterocycles. The van der Waals surface area contributed by atoms with E-state index in [1.165, 1.54) is 16.9 Å². The summed E-state index contributed by atoms with van der Waals surface area (Å²) in [7, 11) is 0. The van der Waals surface area contributed by atoms with E-state index in [0.717, 1.165) is 43.2 Å². The molecule has 1 aliphatic rings. The Kier molecular flexibility index (Phi) is 7.24. The van der Waals surface area contributed by atoms with Crippen LogP contribution in [-0.2, 0) is 22.5 Å². The molecule has 1 aliphatic heterocycles. The lowest BCUT2D eigenvalue weighted by Crippen LogP contribution is -2.44. The van der Waals surface area contributed by atoms with Crippen molar-refractivity contribution in [1.82, 2.24) is 9.88 Å². The van der Waals surface area contributed by atoms with Gasteiger partial charge in [-0.05, 0) is 44.4 Å². The Morgan fingerprint density at radius 3 is 2.70 bits per heavy atom. The first-order chi connectivity index (χ1) is 13.0. The molecule has 0 bridgehead atoms. The Labute approximate surface area is 169 Å². The highest BCUT2D eigenvalue weighted by molar-refractivity contribution is 7.13. The van der Waals surface area contributed by atoms with Crippen LogP contribution in [0.2, 0.25) is 5.02 Å². The molecule has 0 saturated carbocycles. The lowest BCUT2D eigenvalue weighted by Gasteiger charge is -2.34. The number of anilines is 1. The number of thiazole rings is 1. The molecule has 1 amide bonds. The molecule has 27 heavy (non-hydrogen) atoms. The second kappa shape index (κ2) is 9.64. The lowest BCUT2D eigenvalue weighted by molar-refractivity contribution is -0.116. The standard InChI is InChI=1S/C20H26ClN3O2S/c1-14-10-24(11-15(2)26-14)12-18-13-27-20(22-18)23-19(25)5-3-4-16-6-8-17(21)9-7-16/h6-9,13-15H,3-5,10-12H2,1-2H3,(H,22,23,25). The van der Waals surface area contributed by atoms with Crippen molar-refractivity contribution in [2.45, 2.75) is 51.9 Å². The number of benzene rings is 1. The van der Waals surface area contributed by atoms with Gasteiger partial charge in [-0.15, -0.1) is 11.3 Å². The third kappa shape index (κ3) is 6.57. The van der Waals surface area contributed by atoms with Crippen molar-refractivity contribution in [2.75, 3.05) is 18.4 Å². The molecule has 146 valence electrons. The van der Waals surface area contributed by atoms with Gasteiger partial charge in [0, 0.05) is 36.5 Å². The number of hydrogen-bond acceptors (Lipinski definition) is 5. The maximum atomic E-state index is 12.1. The van der Waals surface area contributed by atoms with Crippen LogP contribution in [0.3, 0.4) is 0 Å². The van der Waals surface area contributed by atoms with Crippen LogP contribution in [0.25, 0.3) is 0 Å². The third-order valence-electron chi connectivity index (χ3n) is 4.46. The highest BCUT2D eigenvalue weighted by Gasteiger charge is 2.22. The van der Waals surface area contributed by atoms with Crippen LogP contribution in [0.4, 0.5) is 5.13 Å². The van der Waals surface area contributed by atoms with Crippen molar-refractivity contribution < 1.29 is 9.53 Å². The molecule has 2 atom stereocenters. The average Bonchev–Trinajstić information content (AvgIpc) is 3.02. The number of nitrogens with zero attached hydrogens (tertiary/aromatic N) is 2. The van der Waals surface area contributed by atoms with Crippen LogP contribution in [0.1, 0.15) is 37.9 Å². The van der Waals surface area contributed by atoms with Crippen molar-refractivity contribution in [3.05, 3.63) is 45.9 Å². The molecule has 3 rings (SSSR count). The number of amides is 1. The molecule has 0 spiro atoms. The highest BCUT2D eigenvalue weighted by atomic mass is 35.5. The monoisotopic (exact) mass is 407 g/mol. The summed E-state index contributed by atoms with van der Waals surface area (Å²) in [5.74, 6) is 0.0125. The average molecular weight is 408 g/mol. The summed E-state index contributed by atoms with van der Waals surface area (Å²) in [5, 5.41) is 6.35. The summed E-state index contributed by atoms with van der Waals surface area (Å²) >= 11 is 7.37. The van der Waals surface area contributed by atoms with Crippen LogP contribution in [0, 0.1) is 0 Å². The Balaban J connectivity index is 1.41. The fourth-order valence-corrected chi connectivity index (χ4v) is 4.21. The quantitative estimate of drug-likeness (QED) is 0.740. The largest absolute Gasteiger partial charge is 0.373 e. The molecule has 1 N–H and O–H groups in total. The third-order valence-corrected chi connectivity index (χ3v) is 5.52. The van der Waals surface area contributed by atoms with Crippen LogP contribution in [0.5, 0.6) is 0 Å². The van der Waals surface area contributed by atoms with Gasteiger partial charge in [0.2, 0.25) is 5.91 Å². The molecule has 1 saturated heterocycles. The fraction of sp³-hybridized carbons (Fsp3) is 0.500. The number of ether oxygens (including phenoxy) is 1. The Hall–Kier alpha value is -1.47. The van der Waals surface area contributed by atoms with Crippen LogP contribution >= 0.6 is 22.9 Å². The van der Waals surface area contributed by atoms with Gasteiger partial charge in [-0.2, -0.15) is 0 Å². The summed E-state index contributed by atoms with van der Waals surface area (Å²) in [5.41, 5.74) is 2.19. The number of morpholine rings is 1. The van der Waals surface area contributed by atoms with Crippen LogP contribution in [0.15, 0.2) is 29.6 Å². The van der Waals surface area contributed by atoms with Crippen molar-refractivity contribution in [3.8, 4) is 0 Å². The van der Waals surface area contributed by atoms with Crippen LogP contribution < -0.4 is 5.32 Å². The zero-order chi connectivity index (χ0) is 19.2. The smallest absolute Gasteiger partial charge is 0.226 e. The fourth-order valence-electron chi connectivity index (χ4n) is 3.37. The Morgan fingerprint density at radius 1 is 1.30 bits per heavy atom. The molecule has 1 fully saturated rings. The van der Waals surface area contributed by atoms with E-state index in [1.807, 2.05) is 29.6 Å². The van der Waals surface area contributed by atoms with E-state index >= 15 is 0 Å². The molecule has 2 aromatic rings. The number of hydrogen-bond donors (Lipinski definition) is 1. The number of halogens is 1. The lowest BCUT2D eigenvalue weighted by atomic mass is 10.1. The van der Waals surface area contributed by atoms with Crippen molar-refractivity contribution in [3.63, 3.8) is 0 Å². The number of nitrogens with one attached hydrogen (secondary N) is 1. The first-order valence-corrected chi connectivity index (χ1v) is 10.6. The number of aromatic nitrogens is 1. The summed E-state index contributed by atoms with van der Waals surface area (Å²) in [6.07, 6.45) is 2.63. The minimum absolute atomic E-state index is 0.0125. The van der Waals surface area contributed by atoms with Crippen molar-refractivity contribution in [2.24, 2.45) is 0 Å². The predicted molar refractivity (Wildman–Crippen MR) is 110 cm³/mol. The summed E-state index contributed by atoms with van der Waals surface area (Å²) in [6.45, 7) is 6.81. The highest BCUT2D eigenvalue weighted by Crippen LogP contribution is 2.20. The zero-order valence-corrected chi connectivity index (χ0v) is 17.4. The van der Waals surface area contributed by atoms with Gasteiger partial charge < -0.3 is 10.1 Å². The van der Waals surface area contributed by atoms with Crippen molar-refractivity contribution in [1.29, 1.82) is 0 Å².